The fraction of sp³-hybridized carbons (Fsp3) is 0.571. The second kappa shape index (κ2) is 6.92. The van der Waals surface area contributed by atoms with Crippen LogP contribution in [0.5, 0.6) is 0 Å². The largest absolute Gasteiger partial charge is 0.309 e. The van der Waals surface area contributed by atoms with Crippen LogP contribution in [0.15, 0.2) is 18.2 Å². The third-order valence-corrected chi connectivity index (χ3v) is 4.41. The van der Waals surface area contributed by atoms with E-state index in [1.54, 1.807) is 0 Å². The average molecular weight is 253 g/mol. The normalized spacial score (nSPS) is 14.6. The maximum absolute atomic E-state index is 11.7. The Morgan fingerprint density at radius 3 is 2.47 bits per heavy atom. The lowest BCUT2D eigenvalue weighted by Gasteiger charge is -2.18. The second-order valence-electron chi connectivity index (χ2n) is 4.35. The molecule has 1 rings (SSSR count). The van der Waals surface area contributed by atoms with Crippen molar-refractivity contribution in [2.24, 2.45) is 0 Å². The molecule has 0 bridgehead atoms. The molecule has 2 atom stereocenters. The summed E-state index contributed by atoms with van der Waals surface area (Å²) in [5, 5.41) is 3.42. The van der Waals surface area contributed by atoms with Crippen molar-refractivity contribution in [2.45, 2.75) is 33.7 Å². The minimum absolute atomic E-state index is 0.208. The lowest BCUT2D eigenvalue weighted by molar-refractivity contribution is 0.594. The lowest BCUT2D eigenvalue weighted by Crippen LogP contribution is -2.26. The number of benzene rings is 1. The van der Waals surface area contributed by atoms with Crippen LogP contribution < -0.4 is 5.32 Å². The van der Waals surface area contributed by atoms with Crippen LogP contribution >= 0.6 is 0 Å². The van der Waals surface area contributed by atoms with Crippen molar-refractivity contribution in [2.75, 3.05) is 18.1 Å². The van der Waals surface area contributed by atoms with E-state index in [1.807, 2.05) is 6.92 Å². The van der Waals surface area contributed by atoms with Crippen molar-refractivity contribution in [3.8, 4) is 0 Å². The Kier molecular flexibility index (Phi) is 5.86. The predicted molar refractivity (Wildman–Crippen MR) is 75.9 cm³/mol. The van der Waals surface area contributed by atoms with Crippen molar-refractivity contribution in [3.05, 3.63) is 34.9 Å². The van der Waals surface area contributed by atoms with Gasteiger partial charge in [0, 0.05) is 28.3 Å². The molecule has 0 aromatic heterocycles. The van der Waals surface area contributed by atoms with Gasteiger partial charge >= 0.3 is 0 Å². The van der Waals surface area contributed by atoms with E-state index >= 15 is 0 Å². The highest BCUT2D eigenvalue weighted by Gasteiger charge is 2.13. The SMILES string of the molecule is CCNC(CS(=O)CC)c1ccc(C)c(C)c1. The Balaban J connectivity index is 2.88. The molecule has 0 radical (unpaired) electrons. The molecule has 1 aromatic carbocycles. The molecule has 17 heavy (non-hydrogen) atoms. The molecule has 0 spiro atoms. The van der Waals surface area contributed by atoms with E-state index in [0.29, 0.717) is 5.75 Å². The number of nitrogens with one attached hydrogen (secondary N) is 1. The molecule has 2 nitrogen and oxygen atoms in total. The van der Waals surface area contributed by atoms with Gasteiger partial charge < -0.3 is 5.32 Å². The van der Waals surface area contributed by atoms with E-state index in [-0.39, 0.29) is 6.04 Å². The van der Waals surface area contributed by atoms with Crippen LogP contribution in [0.2, 0.25) is 0 Å². The summed E-state index contributed by atoms with van der Waals surface area (Å²) in [5.74, 6) is 1.43. The molecule has 0 saturated heterocycles. The van der Waals surface area contributed by atoms with Gasteiger partial charge in [-0.25, -0.2) is 0 Å². The van der Waals surface area contributed by atoms with Crippen molar-refractivity contribution in [1.82, 2.24) is 5.32 Å². The Morgan fingerprint density at radius 1 is 1.24 bits per heavy atom. The van der Waals surface area contributed by atoms with Gasteiger partial charge in [-0.15, -0.1) is 0 Å². The van der Waals surface area contributed by atoms with Crippen molar-refractivity contribution in [1.29, 1.82) is 0 Å². The van der Waals surface area contributed by atoms with Crippen molar-refractivity contribution in [3.63, 3.8) is 0 Å². The molecular weight excluding hydrogens is 230 g/mol. The van der Waals surface area contributed by atoms with Crippen LogP contribution in [-0.4, -0.2) is 22.3 Å². The van der Waals surface area contributed by atoms with Crippen LogP contribution in [0, 0.1) is 13.8 Å². The average Bonchev–Trinajstić information content (AvgIpc) is 2.32. The fourth-order valence-electron chi connectivity index (χ4n) is 1.80. The summed E-state index contributed by atoms with van der Waals surface area (Å²) in [7, 11) is -0.734. The van der Waals surface area contributed by atoms with Gasteiger partial charge in [0.15, 0.2) is 0 Å². The Bertz CT molecular complexity index is 390. The predicted octanol–water partition coefficient (Wildman–Crippen LogP) is 2.72. The van der Waals surface area contributed by atoms with E-state index in [0.717, 1.165) is 12.3 Å². The van der Waals surface area contributed by atoms with Gasteiger partial charge in [-0.05, 0) is 37.1 Å². The smallest absolute Gasteiger partial charge is 0.0436 e. The van der Waals surface area contributed by atoms with Crippen molar-refractivity contribution < 1.29 is 4.21 Å². The highest BCUT2D eigenvalue weighted by atomic mass is 32.2. The van der Waals surface area contributed by atoms with Crippen LogP contribution in [0.1, 0.15) is 36.6 Å². The summed E-state index contributed by atoms with van der Waals surface area (Å²) in [6.45, 7) is 9.20. The Morgan fingerprint density at radius 2 is 1.94 bits per heavy atom. The fourth-order valence-corrected chi connectivity index (χ4v) is 2.72. The Hall–Kier alpha value is -0.670. The van der Waals surface area contributed by atoms with E-state index in [1.165, 1.54) is 16.7 Å². The lowest BCUT2D eigenvalue weighted by atomic mass is 10.0. The first-order valence-electron chi connectivity index (χ1n) is 6.24. The van der Waals surface area contributed by atoms with Gasteiger partial charge in [0.2, 0.25) is 0 Å². The third-order valence-electron chi connectivity index (χ3n) is 3.06. The van der Waals surface area contributed by atoms with Gasteiger partial charge in [0.1, 0.15) is 0 Å². The zero-order chi connectivity index (χ0) is 12.8. The van der Waals surface area contributed by atoms with Gasteiger partial charge in [0.05, 0.1) is 0 Å². The second-order valence-corrected chi connectivity index (χ2v) is 6.14. The maximum atomic E-state index is 11.7. The highest BCUT2D eigenvalue weighted by molar-refractivity contribution is 7.84. The number of aryl methyl sites for hydroxylation is 2. The molecule has 2 unspecified atom stereocenters. The van der Waals surface area contributed by atoms with Crippen LogP contribution in [0.3, 0.4) is 0 Å². The molecule has 0 saturated carbocycles. The minimum Gasteiger partial charge on any atom is -0.309 e. The van der Waals surface area contributed by atoms with E-state index < -0.39 is 10.8 Å². The van der Waals surface area contributed by atoms with Crippen LogP contribution in [0.4, 0.5) is 0 Å². The molecule has 0 amide bonds. The molecule has 0 aliphatic rings. The van der Waals surface area contributed by atoms with E-state index in [4.69, 9.17) is 0 Å². The molecule has 3 heteroatoms. The molecule has 1 N–H and O–H groups in total. The summed E-state index contributed by atoms with van der Waals surface area (Å²) in [4.78, 5) is 0. The monoisotopic (exact) mass is 253 g/mol. The number of hydrogen-bond acceptors (Lipinski definition) is 2. The van der Waals surface area contributed by atoms with Gasteiger partial charge in [-0.1, -0.05) is 32.0 Å². The first-order valence-corrected chi connectivity index (χ1v) is 7.72. The van der Waals surface area contributed by atoms with Crippen LogP contribution in [-0.2, 0) is 10.8 Å². The minimum atomic E-state index is -0.734. The number of rotatable bonds is 6. The summed E-state index contributed by atoms with van der Waals surface area (Å²) < 4.78 is 11.7. The summed E-state index contributed by atoms with van der Waals surface area (Å²) >= 11 is 0. The summed E-state index contributed by atoms with van der Waals surface area (Å²) in [5.41, 5.74) is 3.85. The maximum Gasteiger partial charge on any atom is 0.0436 e. The van der Waals surface area contributed by atoms with Gasteiger partial charge in [-0.2, -0.15) is 0 Å². The van der Waals surface area contributed by atoms with Crippen LogP contribution in [0.25, 0.3) is 0 Å². The molecule has 0 heterocycles. The summed E-state index contributed by atoms with van der Waals surface area (Å²) in [6, 6.07) is 6.70. The van der Waals surface area contributed by atoms with Gasteiger partial charge in [0.25, 0.3) is 0 Å². The molecule has 0 fully saturated rings. The molecule has 1 aromatic rings. The van der Waals surface area contributed by atoms with Crippen molar-refractivity contribution >= 4 is 10.8 Å². The summed E-state index contributed by atoms with van der Waals surface area (Å²) in [6.07, 6.45) is 0. The quantitative estimate of drug-likeness (QED) is 0.844. The van der Waals surface area contributed by atoms with E-state index in [2.05, 4.69) is 44.3 Å². The first kappa shape index (κ1) is 14.4. The Labute approximate surface area is 107 Å². The van der Waals surface area contributed by atoms with E-state index in [9.17, 15) is 4.21 Å². The highest BCUT2D eigenvalue weighted by Crippen LogP contribution is 2.18. The zero-order valence-electron chi connectivity index (χ0n) is 11.2. The standard InChI is InChI=1S/C14H23NOS/c1-5-15-14(10-17(16)6-2)13-8-7-11(3)12(4)9-13/h7-9,14-15H,5-6,10H2,1-4H3. The van der Waals surface area contributed by atoms with Gasteiger partial charge in [-0.3, -0.25) is 4.21 Å². The molecule has 96 valence electrons. The molecular formula is C14H23NOS. The first-order chi connectivity index (χ1) is 8.08. The zero-order valence-corrected chi connectivity index (χ0v) is 12.1. The number of hydrogen-bond donors (Lipinski definition) is 1. The third kappa shape index (κ3) is 4.25. The topological polar surface area (TPSA) is 29.1 Å². The molecule has 0 aliphatic carbocycles. The molecule has 0 aliphatic heterocycles.